The number of nitrogens with one attached hydrogen (secondary N) is 1. The van der Waals surface area contributed by atoms with E-state index in [4.69, 9.17) is 4.74 Å². The first-order valence-electron chi connectivity index (χ1n) is 5.92. The van der Waals surface area contributed by atoms with Crippen molar-refractivity contribution >= 4 is 12.1 Å². The van der Waals surface area contributed by atoms with Gasteiger partial charge in [-0.15, -0.1) is 0 Å². The SMILES string of the molecule is COC(=O)[C@H](C)NCCN(C)C(=O)OC(C)(C)C. The summed E-state index contributed by atoms with van der Waals surface area (Å²) >= 11 is 0. The third-order valence-corrected chi connectivity index (χ3v) is 2.16. The molecular weight excluding hydrogens is 236 g/mol. The van der Waals surface area contributed by atoms with Crippen LogP contribution >= 0.6 is 0 Å². The molecule has 0 unspecified atom stereocenters. The zero-order valence-electron chi connectivity index (χ0n) is 12.1. The summed E-state index contributed by atoms with van der Waals surface area (Å²) in [5.41, 5.74) is -0.502. The average molecular weight is 260 g/mol. The molecule has 0 aromatic heterocycles. The van der Waals surface area contributed by atoms with Gasteiger partial charge >= 0.3 is 12.1 Å². The van der Waals surface area contributed by atoms with Gasteiger partial charge in [0.1, 0.15) is 11.6 Å². The lowest BCUT2D eigenvalue weighted by molar-refractivity contribution is -0.142. The van der Waals surface area contributed by atoms with Crippen LogP contribution in [0.5, 0.6) is 0 Å². The fourth-order valence-electron chi connectivity index (χ4n) is 1.14. The molecule has 0 spiro atoms. The normalized spacial score (nSPS) is 12.8. The van der Waals surface area contributed by atoms with Crippen molar-refractivity contribution in [3.05, 3.63) is 0 Å². The lowest BCUT2D eigenvalue weighted by Crippen LogP contribution is -2.42. The highest BCUT2D eigenvalue weighted by Gasteiger charge is 2.19. The molecule has 0 heterocycles. The Kier molecular flexibility index (Phi) is 6.68. The molecule has 0 radical (unpaired) electrons. The van der Waals surface area contributed by atoms with Gasteiger partial charge in [0.15, 0.2) is 0 Å². The second kappa shape index (κ2) is 7.20. The molecule has 1 N–H and O–H groups in total. The molecule has 0 aromatic carbocycles. The minimum Gasteiger partial charge on any atom is -0.468 e. The van der Waals surface area contributed by atoms with Crippen molar-refractivity contribution in [2.75, 3.05) is 27.2 Å². The van der Waals surface area contributed by atoms with Crippen LogP contribution in [-0.4, -0.2) is 55.9 Å². The summed E-state index contributed by atoms with van der Waals surface area (Å²) in [7, 11) is 2.99. The number of esters is 1. The largest absolute Gasteiger partial charge is 0.468 e. The molecule has 0 saturated heterocycles. The van der Waals surface area contributed by atoms with Gasteiger partial charge in [-0.3, -0.25) is 4.79 Å². The minimum atomic E-state index is -0.502. The Hall–Kier alpha value is -1.30. The van der Waals surface area contributed by atoms with Gasteiger partial charge in [0.2, 0.25) is 0 Å². The monoisotopic (exact) mass is 260 g/mol. The zero-order chi connectivity index (χ0) is 14.3. The van der Waals surface area contributed by atoms with E-state index in [1.54, 1.807) is 14.0 Å². The Morgan fingerprint density at radius 2 is 1.89 bits per heavy atom. The van der Waals surface area contributed by atoms with Crippen LogP contribution in [0.1, 0.15) is 27.7 Å². The van der Waals surface area contributed by atoms with Gasteiger partial charge in [-0.2, -0.15) is 0 Å². The van der Waals surface area contributed by atoms with E-state index < -0.39 is 5.60 Å². The highest BCUT2D eigenvalue weighted by atomic mass is 16.6. The molecule has 0 fully saturated rings. The fraction of sp³-hybridized carbons (Fsp3) is 0.833. The summed E-state index contributed by atoms with van der Waals surface area (Å²) in [6, 6.07) is -0.387. The van der Waals surface area contributed by atoms with Crippen LogP contribution < -0.4 is 5.32 Å². The topological polar surface area (TPSA) is 67.9 Å². The fourth-order valence-corrected chi connectivity index (χ4v) is 1.14. The first-order valence-corrected chi connectivity index (χ1v) is 5.92. The minimum absolute atomic E-state index is 0.324. The van der Waals surface area contributed by atoms with E-state index in [0.717, 1.165) is 0 Å². The van der Waals surface area contributed by atoms with Gasteiger partial charge in [-0.1, -0.05) is 0 Å². The predicted octanol–water partition coefficient (Wildman–Crippen LogP) is 1.00. The molecule has 106 valence electrons. The summed E-state index contributed by atoms with van der Waals surface area (Å²) in [6.45, 7) is 8.10. The van der Waals surface area contributed by atoms with Crippen molar-refractivity contribution in [1.82, 2.24) is 10.2 Å². The summed E-state index contributed by atoms with van der Waals surface area (Å²) < 4.78 is 9.77. The first kappa shape index (κ1) is 16.7. The summed E-state index contributed by atoms with van der Waals surface area (Å²) in [4.78, 5) is 24.2. The van der Waals surface area contributed by atoms with Gasteiger partial charge in [0, 0.05) is 20.1 Å². The van der Waals surface area contributed by atoms with E-state index in [1.807, 2.05) is 20.8 Å². The number of carbonyl (C=O) groups is 2. The molecule has 18 heavy (non-hydrogen) atoms. The Labute approximate surface area is 109 Å². The third-order valence-electron chi connectivity index (χ3n) is 2.16. The van der Waals surface area contributed by atoms with Crippen LogP contribution in [0.25, 0.3) is 0 Å². The second-order valence-corrected chi connectivity index (χ2v) is 5.10. The molecule has 0 aliphatic carbocycles. The Morgan fingerprint density at radius 3 is 2.33 bits per heavy atom. The molecular formula is C12H24N2O4. The van der Waals surface area contributed by atoms with E-state index >= 15 is 0 Å². The Bertz CT molecular complexity index is 286. The van der Waals surface area contributed by atoms with Crippen molar-refractivity contribution in [2.24, 2.45) is 0 Å². The third kappa shape index (κ3) is 7.11. The maximum absolute atomic E-state index is 11.6. The van der Waals surface area contributed by atoms with Crippen molar-refractivity contribution in [3.8, 4) is 0 Å². The number of hydrogen-bond acceptors (Lipinski definition) is 5. The van der Waals surface area contributed by atoms with E-state index in [2.05, 4.69) is 10.1 Å². The second-order valence-electron chi connectivity index (χ2n) is 5.10. The van der Waals surface area contributed by atoms with Crippen molar-refractivity contribution in [1.29, 1.82) is 0 Å². The quantitative estimate of drug-likeness (QED) is 0.747. The summed E-state index contributed by atoms with van der Waals surface area (Å²) in [5.74, 6) is -0.324. The van der Waals surface area contributed by atoms with Crippen LogP contribution in [0, 0.1) is 0 Å². The number of methoxy groups -OCH3 is 1. The lowest BCUT2D eigenvalue weighted by Gasteiger charge is -2.25. The Balaban J connectivity index is 3.93. The first-order chi connectivity index (χ1) is 8.17. The molecule has 0 aliphatic heterocycles. The van der Waals surface area contributed by atoms with Crippen molar-refractivity contribution in [3.63, 3.8) is 0 Å². The molecule has 6 heteroatoms. The van der Waals surface area contributed by atoms with E-state index in [9.17, 15) is 9.59 Å². The summed E-state index contributed by atoms with van der Waals surface area (Å²) in [6.07, 6.45) is -0.380. The number of rotatable bonds is 5. The number of hydrogen-bond donors (Lipinski definition) is 1. The number of nitrogens with zero attached hydrogens (tertiary/aromatic N) is 1. The van der Waals surface area contributed by atoms with Crippen LogP contribution in [0.15, 0.2) is 0 Å². The summed E-state index contributed by atoms with van der Waals surface area (Å²) in [5, 5.41) is 2.96. The molecule has 0 saturated carbocycles. The number of likely N-dealkylation sites (N-methyl/N-ethyl adjacent to an activating group) is 1. The van der Waals surface area contributed by atoms with Crippen LogP contribution in [-0.2, 0) is 14.3 Å². The van der Waals surface area contributed by atoms with Crippen LogP contribution in [0.2, 0.25) is 0 Å². The van der Waals surface area contributed by atoms with Crippen LogP contribution in [0.4, 0.5) is 4.79 Å². The number of amides is 1. The van der Waals surface area contributed by atoms with Gasteiger partial charge in [0.05, 0.1) is 7.11 Å². The predicted molar refractivity (Wildman–Crippen MR) is 68.3 cm³/mol. The Morgan fingerprint density at radius 1 is 1.33 bits per heavy atom. The molecule has 0 bridgehead atoms. The molecule has 1 atom stereocenters. The zero-order valence-corrected chi connectivity index (χ0v) is 12.1. The molecule has 6 nitrogen and oxygen atoms in total. The maximum atomic E-state index is 11.6. The van der Waals surface area contributed by atoms with Gasteiger partial charge < -0.3 is 19.7 Å². The molecule has 0 rings (SSSR count). The highest BCUT2D eigenvalue weighted by molar-refractivity contribution is 5.75. The van der Waals surface area contributed by atoms with Gasteiger partial charge in [-0.05, 0) is 27.7 Å². The smallest absolute Gasteiger partial charge is 0.410 e. The molecule has 1 amide bonds. The highest BCUT2D eigenvalue weighted by Crippen LogP contribution is 2.08. The molecule has 0 aliphatic rings. The van der Waals surface area contributed by atoms with E-state index in [0.29, 0.717) is 13.1 Å². The lowest BCUT2D eigenvalue weighted by atomic mass is 10.2. The maximum Gasteiger partial charge on any atom is 0.410 e. The molecule has 0 aromatic rings. The van der Waals surface area contributed by atoms with E-state index in [-0.39, 0.29) is 18.1 Å². The van der Waals surface area contributed by atoms with Gasteiger partial charge in [-0.25, -0.2) is 4.79 Å². The van der Waals surface area contributed by atoms with Gasteiger partial charge in [0.25, 0.3) is 0 Å². The number of ether oxygens (including phenoxy) is 2. The van der Waals surface area contributed by atoms with E-state index in [1.165, 1.54) is 12.0 Å². The number of carbonyl (C=O) groups excluding carboxylic acids is 2. The van der Waals surface area contributed by atoms with Crippen molar-refractivity contribution in [2.45, 2.75) is 39.3 Å². The standard InChI is InChI=1S/C12H24N2O4/c1-9(10(15)17-6)13-7-8-14(5)11(16)18-12(2,3)4/h9,13H,7-8H2,1-6H3/t9-/m0/s1. The van der Waals surface area contributed by atoms with Crippen LogP contribution in [0.3, 0.4) is 0 Å². The average Bonchev–Trinajstić information content (AvgIpc) is 2.25. The van der Waals surface area contributed by atoms with Crippen molar-refractivity contribution < 1.29 is 19.1 Å².